The van der Waals surface area contributed by atoms with E-state index in [1.807, 2.05) is 36.4 Å². The lowest BCUT2D eigenvalue weighted by atomic mass is 10.2. The Hall–Kier alpha value is -1.37. The zero-order chi connectivity index (χ0) is 9.36. The number of nitrogens with zero attached hydrogens (tertiary/aromatic N) is 1. The molecule has 0 bridgehead atoms. The van der Waals surface area contributed by atoms with Gasteiger partial charge in [-0.3, -0.25) is 4.84 Å². The monoisotopic (exact) mass is 176 g/mol. The molecule has 0 saturated carbocycles. The molecule has 1 rings (SSSR count). The molecule has 0 aliphatic heterocycles. The van der Waals surface area contributed by atoms with Gasteiger partial charge in [-0.15, -0.1) is 0 Å². The van der Waals surface area contributed by atoms with Crippen molar-refractivity contribution in [1.82, 2.24) is 5.48 Å². The van der Waals surface area contributed by atoms with Crippen LogP contribution in [-0.2, 0) is 11.4 Å². The lowest BCUT2D eigenvalue weighted by Crippen LogP contribution is -2.15. The first-order valence-electron chi connectivity index (χ1n) is 4.19. The minimum Gasteiger partial charge on any atom is -0.297 e. The molecule has 0 unspecified atom stereocenters. The van der Waals surface area contributed by atoms with Crippen molar-refractivity contribution >= 4 is 0 Å². The molecule has 1 aromatic rings. The van der Waals surface area contributed by atoms with Gasteiger partial charge in [0.05, 0.1) is 12.7 Å². The van der Waals surface area contributed by atoms with Gasteiger partial charge < -0.3 is 0 Å². The minimum atomic E-state index is 0.467. The summed E-state index contributed by atoms with van der Waals surface area (Å²) in [6.45, 7) is 1.11. The van der Waals surface area contributed by atoms with Crippen LogP contribution in [0, 0.1) is 11.3 Å². The molecule has 0 heterocycles. The Morgan fingerprint density at radius 2 is 2.08 bits per heavy atom. The zero-order valence-corrected chi connectivity index (χ0v) is 7.36. The van der Waals surface area contributed by atoms with Crippen molar-refractivity contribution < 1.29 is 4.84 Å². The highest BCUT2D eigenvalue weighted by Crippen LogP contribution is 1.98. The number of hydroxylamine groups is 1. The third-order valence-corrected chi connectivity index (χ3v) is 1.52. The molecule has 0 saturated heterocycles. The standard InChI is InChI=1S/C10H12N2O/c11-7-4-8-12-13-9-10-5-2-1-3-6-10/h1-3,5-6,12H,4,8-9H2. The summed E-state index contributed by atoms with van der Waals surface area (Å²) in [5.74, 6) is 0. The average molecular weight is 176 g/mol. The van der Waals surface area contributed by atoms with Gasteiger partial charge in [0.15, 0.2) is 0 Å². The Balaban J connectivity index is 2.11. The summed E-state index contributed by atoms with van der Waals surface area (Å²) in [6.07, 6.45) is 0.467. The maximum atomic E-state index is 8.24. The van der Waals surface area contributed by atoms with Gasteiger partial charge in [-0.2, -0.15) is 5.26 Å². The lowest BCUT2D eigenvalue weighted by molar-refractivity contribution is 0.0294. The molecule has 1 N–H and O–H groups in total. The van der Waals surface area contributed by atoms with Gasteiger partial charge in [-0.25, -0.2) is 5.48 Å². The molecule has 0 atom stereocenters. The fourth-order valence-corrected chi connectivity index (χ4v) is 0.888. The maximum Gasteiger partial charge on any atom is 0.0933 e. The average Bonchev–Trinajstić information content (AvgIpc) is 2.19. The molecule has 3 heteroatoms. The molecule has 13 heavy (non-hydrogen) atoms. The minimum absolute atomic E-state index is 0.467. The molecule has 68 valence electrons. The Morgan fingerprint density at radius 1 is 1.31 bits per heavy atom. The van der Waals surface area contributed by atoms with Crippen LogP contribution in [0.5, 0.6) is 0 Å². The third-order valence-electron chi connectivity index (χ3n) is 1.52. The topological polar surface area (TPSA) is 45.0 Å². The molecular formula is C10H12N2O. The van der Waals surface area contributed by atoms with Crippen molar-refractivity contribution in [2.45, 2.75) is 13.0 Å². The van der Waals surface area contributed by atoms with E-state index in [9.17, 15) is 0 Å². The first-order valence-corrected chi connectivity index (χ1v) is 4.19. The first kappa shape index (κ1) is 9.72. The van der Waals surface area contributed by atoms with Gasteiger partial charge in [0.2, 0.25) is 0 Å². The van der Waals surface area contributed by atoms with Crippen molar-refractivity contribution in [3.05, 3.63) is 35.9 Å². The lowest BCUT2D eigenvalue weighted by Gasteiger charge is -2.02. The SMILES string of the molecule is N#CCCNOCc1ccccc1. The van der Waals surface area contributed by atoms with E-state index < -0.39 is 0 Å². The summed E-state index contributed by atoms with van der Waals surface area (Å²) in [4.78, 5) is 5.12. The predicted octanol–water partition coefficient (Wildman–Crippen LogP) is 1.62. The smallest absolute Gasteiger partial charge is 0.0933 e. The second kappa shape index (κ2) is 6.18. The van der Waals surface area contributed by atoms with Gasteiger partial charge in [-0.05, 0) is 5.56 Å². The molecule has 0 aliphatic carbocycles. The summed E-state index contributed by atoms with van der Waals surface area (Å²) < 4.78 is 0. The molecule has 0 amide bonds. The van der Waals surface area contributed by atoms with E-state index in [0.29, 0.717) is 19.6 Å². The van der Waals surface area contributed by atoms with Crippen LogP contribution in [0.3, 0.4) is 0 Å². The van der Waals surface area contributed by atoms with Crippen molar-refractivity contribution in [2.24, 2.45) is 0 Å². The van der Waals surface area contributed by atoms with Crippen molar-refractivity contribution in [2.75, 3.05) is 6.54 Å². The number of hydrogen-bond acceptors (Lipinski definition) is 3. The van der Waals surface area contributed by atoms with E-state index in [0.717, 1.165) is 5.56 Å². The summed E-state index contributed by atoms with van der Waals surface area (Å²) in [7, 11) is 0. The van der Waals surface area contributed by atoms with Gasteiger partial charge in [0.25, 0.3) is 0 Å². The van der Waals surface area contributed by atoms with E-state index in [1.54, 1.807) is 0 Å². The van der Waals surface area contributed by atoms with Gasteiger partial charge in [0.1, 0.15) is 0 Å². The Kier molecular flexibility index (Phi) is 4.62. The van der Waals surface area contributed by atoms with E-state index in [4.69, 9.17) is 10.1 Å². The maximum absolute atomic E-state index is 8.24. The highest BCUT2D eigenvalue weighted by Gasteiger charge is 1.90. The van der Waals surface area contributed by atoms with Crippen LogP contribution in [-0.4, -0.2) is 6.54 Å². The van der Waals surface area contributed by atoms with Crippen LogP contribution in [0.1, 0.15) is 12.0 Å². The van der Waals surface area contributed by atoms with Gasteiger partial charge >= 0.3 is 0 Å². The molecule has 0 aromatic heterocycles. The zero-order valence-electron chi connectivity index (χ0n) is 7.36. The number of nitrogens with one attached hydrogen (secondary N) is 1. The van der Waals surface area contributed by atoms with Crippen LogP contribution in [0.15, 0.2) is 30.3 Å². The fraction of sp³-hybridized carbons (Fsp3) is 0.300. The van der Waals surface area contributed by atoms with Crippen LogP contribution in [0.2, 0.25) is 0 Å². The summed E-state index contributed by atoms with van der Waals surface area (Å²) in [5, 5.41) is 8.24. The molecule has 0 radical (unpaired) electrons. The second-order valence-corrected chi connectivity index (χ2v) is 2.58. The normalized spacial score (nSPS) is 9.46. The number of rotatable bonds is 5. The number of benzene rings is 1. The predicted molar refractivity (Wildman–Crippen MR) is 49.5 cm³/mol. The van der Waals surface area contributed by atoms with E-state index in [-0.39, 0.29) is 0 Å². The highest BCUT2D eigenvalue weighted by molar-refractivity contribution is 5.13. The summed E-state index contributed by atoms with van der Waals surface area (Å²) >= 11 is 0. The fourth-order valence-electron chi connectivity index (χ4n) is 0.888. The quantitative estimate of drug-likeness (QED) is 0.547. The third kappa shape index (κ3) is 4.26. The molecule has 3 nitrogen and oxygen atoms in total. The summed E-state index contributed by atoms with van der Waals surface area (Å²) in [6, 6.07) is 11.9. The van der Waals surface area contributed by atoms with E-state index in [1.165, 1.54) is 0 Å². The van der Waals surface area contributed by atoms with Crippen molar-refractivity contribution in [3.8, 4) is 6.07 Å². The number of nitriles is 1. The Labute approximate surface area is 77.9 Å². The molecule has 0 spiro atoms. The van der Waals surface area contributed by atoms with Crippen LogP contribution in [0.25, 0.3) is 0 Å². The molecule has 0 aliphatic rings. The summed E-state index contributed by atoms with van der Waals surface area (Å²) in [5.41, 5.74) is 3.83. The molecule has 1 aromatic carbocycles. The van der Waals surface area contributed by atoms with E-state index >= 15 is 0 Å². The molecule has 0 fully saturated rings. The largest absolute Gasteiger partial charge is 0.297 e. The van der Waals surface area contributed by atoms with Gasteiger partial charge in [0, 0.05) is 13.0 Å². The van der Waals surface area contributed by atoms with Crippen molar-refractivity contribution in [1.29, 1.82) is 5.26 Å². The van der Waals surface area contributed by atoms with Crippen LogP contribution in [0.4, 0.5) is 0 Å². The Morgan fingerprint density at radius 3 is 2.77 bits per heavy atom. The first-order chi connectivity index (χ1) is 6.43. The number of hydrogen-bond donors (Lipinski definition) is 1. The molecular weight excluding hydrogens is 164 g/mol. The van der Waals surface area contributed by atoms with E-state index in [2.05, 4.69) is 5.48 Å². The van der Waals surface area contributed by atoms with Gasteiger partial charge in [-0.1, -0.05) is 30.3 Å². The highest BCUT2D eigenvalue weighted by atomic mass is 16.6. The Bertz CT molecular complexity index is 266. The second-order valence-electron chi connectivity index (χ2n) is 2.58. The van der Waals surface area contributed by atoms with Crippen LogP contribution < -0.4 is 5.48 Å². The van der Waals surface area contributed by atoms with Crippen LogP contribution >= 0.6 is 0 Å². The van der Waals surface area contributed by atoms with Crippen molar-refractivity contribution in [3.63, 3.8) is 0 Å².